The van der Waals surface area contributed by atoms with Crippen LogP contribution in [0.4, 0.5) is 65.9 Å². The van der Waals surface area contributed by atoms with Gasteiger partial charge in [-0.1, -0.05) is 24.3 Å². The molecular weight excluding hydrogens is 521 g/mol. The number of alkyl halides is 15. The zero-order valence-electron chi connectivity index (χ0n) is 16.1. The number of carbonyl (C=O) groups is 1. The Morgan fingerprint density at radius 1 is 0.706 bits per heavy atom. The van der Waals surface area contributed by atoms with E-state index < -0.39 is 71.1 Å². The van der Waals surface area contributed by atoms with Crippen molar-refractivity contribution >= 4 is 5.78 Å². The number of hydrogen-bond acceptors (Lipinski definition) is 2. The van der Waals surface area contributed by atoms with E-state index in [-0.39, 0.29) is 0 Å². The molecule has 1 aromatic carbocycles. The Morgan fingerprint density at radius 3 is 1.50 bits per heavy atom. The molecule has 0 spiro atoms. The van der Waals surface area contributed by atoms with E-state index in [2.05, 4.69) is 0 Å². The number of hydrogen-bond donors (Lipinski definition) is 1. The maximum Gasteiger partial charge on any atom is 0.460 e. The van der Waals surface area contributed by atoms with Crippen LogP contribution in [0.15, 0.2) is 24.3 Å². The molecular formula is C17H11F15O2. The molecule has 2 nitrogen and oxygen atoms in total. The highest BCUT2D eigenvalue weighted by Crippen LogP contribution is 2.63. The van der Waals surface area contributed by atoms with Crippen LogP contribution in [0.25, 0.3) is 0 Å². The number of aliphatic hydroxyl groups excluding tert-OH is 1. The van der Waals surface area contributed by atoms with Gasteiger partial charge in [0, 0.05) is 12.0 Å². The van der Waals surface area contributed by atoms with Crippen molar-refractivity contribution in [2.24, 2.45) is 0 Å². The first-order chi connectivity index (χ1) is 14.8. The van der Waals surface area contributed by atoms with Gasteiger partial charge in [0.1, 0.15) is 0 Å². The van der Waals surface area contributed by atoms with Crippen LogP contribution < -0.4 is 0 Å². The normalized spacial score (nSPS) is 15.9. The first-order valence-corrected chi connectivity index (χ1v) is 8.42. The molecule has 1 unspecified atom stereocenters. The molecule has 0 aromatic heterocycles. The van der Waals surface area contributed by atoms with E-state index in [1.54, 1.807) is 0 Å². The Bertz CT molecular complexity index is 904. The molecule has 0 aliphatic carbocycles. The molecule has 1 atom stereocenters. The van der Waals surface area contributed by atoms with Gasteiger partial charge in [-0.25, -0.2) is 0 Å². The summed E-state index contributed by atoms with van der Waals surface area (Å²) in [6, 6.07) is 3.46. The molecule has 196 valence electrons. The van der Waals surface area contributed by atoms with Crippen molar-refractivity contribution in [2.75, 3.05) is 0 Å². The Morgan fingerprint density at radius 2 is 1.09 bits per heavy atom. The van der Waals surface area contributed by atoms with Gasteiger partial charge in [-0.3, -0.25) is 4.79 Å². The average molecular weight is 532 g/mol. The van der Waals surface area contributed by atoms with Gasteiger partial charge in [0.15, 0.2) is 5.78 Å². The van der Waals surface area contributed by atoms with E-state index in [0.29, 0.717) is 6.07 Å². The predicted octanol–water partition coefficient (Wildman–Crippen LogP) is 6.69. The molecule has 0 saturated carbocycles. The molecule has 0 heterocycles. The smallest absolute Gasteiger partial charge is 0.388 e. The predicted molar refractivity (Wildman–Crippen MR) is 81.8 cm³/mol. The number of rotatable bonds is 9. The second kappa shape index (κ2) is 8.48. The molecule has 0 amide bonds. The maximum atomic E-state index is 14.0. The lowest BCUT2D eigenvalue weighted by atomic mass is 9.87. The molecule has 0 saturated heterocycles. The fraction of sp³-hybridized carbons (Fsp3) is 0.588. The van der Waals surface area contributed by atoms with Crippen molar-refractivity contribution in [1.29, 1.82) is 0 Å². The van der Waals surface area contributed by atoms with Crippen molar-refractivity contribution in [1.82, 2.24) is 0 Å². The van der Waals surface area contributed by atoms with Gasteiger partial charge in [0.05, 0.1) is 6.10 Å². The highest BCUT2D eigenvalue weighted by molar-refractivity contribution is 5.95. The number of Topliss-reactive ketones (excluding diaryl/α,β-unsaturated/α-hetero) is 1. The number of aliphatic hydroxyl groups is 1. The second-order valence-corrected chi connectivity index (χ2v) is 6.94. The summed E-state index contributed by atoms with van der Waals surface area (Å²) in [5.74, 6) is -48.3. The topological polar surface area (TPSA) is 37.3 Å². The van der Waals surface area contributed by atoms with E-state index in [1.807, 2.05) is 0 Å². The number of benzene rings is 1. The van der Waals surface area contributed by atoms with Gasteiger partial charge >= 0.3 is 41.7 Å². The Balaban J connectivity index is 3.51. The molecule has 17 heteroatoms. The van der Waals surface area contributed by atoms with Crippen LogP contribution in [0.3, 0.4) is 0 Å². The largest absolute Gasteiger partial charge is 0.460 e. The first-order valence-electron chi connectivity index (χ1n) is 8.42. The summed E-state index contributed by atoms with van der Waals surface area (Å²) in [7, 11) is 0. The fourth-order valence-electron chi connectivity index (χ4n) is 2.59. The Labute approximate surface area is 179 Å². The second-order valence-electron chi connectivity index (χ2n) is 6.94. The average Bonchev–Trinajstić information content (AvgIpc) is 2.65. The molecule has 1 N–H and O–H groups in total. The van der Waals surface area contributed by atoms with Crippen LogP contribution in [-0.4, -0.2) is 52.6 Å². The third-order valence-electron chi connectivity index (χ3n) is 4.54. The minimum atomic E-state index is -8.39. The summed E-state index contributed by atoms with van der Waals surface area (Å²) in [4.78, 5) is 11.4. The zero-order valence-corrected chi connectivity index (χ0v) is 16.1. The third-order valence-corrected chi connectivity index (χ3v) is 4.54. The van der Waals surface area contributed by atoms with Gasteiger partial charge in [-0.15, -0.1) is 0 Å². The highest BCUT2D eigenvalue weighted by atomic mass is 19.4. The molecule has 0 fully saturated rings. The Kier molecular flexibility index (Phi) is 7.44. The van der Waals surface area contributed by atoms with Crippen LogP contribution in [0.1, 0.15) is 35.4 Å². The maximum absolute atomic E-state index is 14.0. The van der Waals surface area contributed by atoms with Crippen LogP contribution in [0.2, 0.25) is 0 Å². The summed E-state index contributed by atoms with van der Waals surface area (Å²) in [6.45, 7) is 0.774. The van der Waals surface area contributed by atoms with Gasteiger partial charge in [-0.05, 0) is 12.5 Å². The van der Waals surface area contributed by atoms with Crippen LogP contribution >= 0.6 is 0 Å². The summed E-state index contributed by atoms with van der Waals surface area (Å²) in [6.07, 6.45) is -13.7. The SMILES string of the molecule is CC(=O)c1ccccc1C(O)CC(F)(F)C(F)(F)C(F)(F)C(F)(F)C(F)(F)C(F)(F)C(F)(F)F. The summed E-state index contributed by atoms with van der Waals surface area (Å²) >= 11 is 0. The first kappa shape index (κ1) is 29.8. The van der Waals surface area contributed by atoms with Crippen molar-refractivity contribution < 1.29 is 75.8 Å². The molecule has 0 aliphatic heterocycles. The summed E-state index contributed by atoms with van der Waals surface area (Å²) in [5.41, 5.74) is -1.56. The fourth-order valence-corrected chi connectivity index (χ4v) is 2.59. The third kappa shape index (κ3) is 4.30. The minimum Gasteiger partial charge on any atom is -0.388 e. The molecule has 1 rings (SSSR count). The highest BCUT2D eigenvalue weighted by Gasteiger charge is 2.93. The number of carbonyl (C=O) groups excluding carboxylic acids is 1. The lowest BCUT2D eigenvalue weighted by molar-refractivity contribution is -0.453. The van der Waals surface area contributed by atoms with E-state index in [1.165, 1.54) is 0 Å². The standard InChI is InChI=1S/C17H11F15O2/c1-7(33)8-4-2-3-5-9(8)10(34)6-11(18,19)12(20,21)13(22,23)14(24,25)15(26,27)16(28,29)17(30,31)32/h2-5,10,34H,6H2,1H3. The molecule has 0 bridgehead atoms. The van der Waals surface area contributed by atoms with Crippen LogP contribution in [0, 0.1) is 0 Å². The zero-order chi connectivity index (χ0) is 27.3. The van der Waals surface area contributed by atoms with Crippen LogP contribution in [-0.2, 0) is 0 Å². The van der Waals surface area contributed by atoms with E-state index in [0.717, 1.165) is 25.1 Å². The molecule has 34 heavy (non-hydrogen) atoms. The molecule has 1 aromatic rings. The summed E-state index contributed by atoms with van der Waals surface area (Å²) < 4.78 is 198. The van der Waals surface area contributed by atoms with Gasteiger partial charge in [-0.2, -0.15) is 65.9 Å². The van der Waals surface area contributed by atoms with Crippen molar-refractivity contribution in [3.05, 3.63) is 35.4 Å². The van der Waals surface area contributed by atoms with E-state index in [4.69, 9.17) is 0 Å². The van der Waals surface area contributed by atoms with Crippen LogP contribution in [0.5, 0.6) is 0 Å². The molecule has 0 radical (unpaired) electrons. The van der Waals surface area contributed by atoms with Crippen molar-refractivity contribution in [3.63, 3.8) is 0 Å². The van der Waals surface area contributed by atoms with Crippen molar-refractivity contribution in [3.8, 4) is 0 Å². The lowest BCUT2D eigenvalue weighted by Gasteiger charge is -2.41. The van der Waals surface area contributed by atoms with E-state index >= 15 is 0 Å². The number of ketones is 1. The number of halogens is 15. The quantitative estimate of drug-likeness (QED) is 0.285. The van der Waals surface area contributed by atoms with E-state index in [9.17, 15) is 75.8 Å². The lowest BCUT2D eigenvalue weighted by Crippen LogP contribution is -2.72. The molecule has 0 aliphatic rings. The van der Waals surface area contributed by atoms with Gasteiger partial charge in [0.25, 0.3) is 0 Å². The Hall–Kier alpha value is -2.20. The summed E-state index contributed by atoms with van der Waals surface area (Å²) in [5, 5.41) is 9.70. The monoisotopic (exact) mass is 532 g/mol. The van der Waals surface area contributed by atoms with Crippen molar-refractivity contribution in [2.45, 2.75) is 61.2 Å². The van der Waals surface area contributed by atoms with Gasteiger partial charge < -0.3 is 5.11 Å². The minimum absolute atomic E-state index is 0.637. The van der Waals surface area contributed by atoms with Gasteiger partial charge in [0.2, 0.25) is 0 Å².